The normalized spacial score (nSPS) is 18.7. The molecule has 1 aliphatic rings. The lowest BCUT2D eigenvalue weighted by atomic mass is 10.3. The molecular formula is C9H17N3O. The molecule has 0 saturated carbocycles. The van der Waals surface area contributed by atoms with E-state index in [1.165, 1.54) is 6.08 Å². The first-order valence-corrected chi connectivity index (χ1v) is 4.61. The molecule has 13 heavy (non-hydrogen) atoms. The van der Waals surface area contributed by atoms with Crippen LogP contribution >= 0.6 is 0 Å². The number of nitrogens with two attached hydrogens (primary N) is 1. The van der Waals surface area contributed by atoms with Crippen LogP contribution in [0.1, 0.15) is 0 Å². The van der Waals surface area contributed by atoms with E-state index >= 15 is 0 Å². The van der Waals surface area contributed by atoms with Crippen LogP contribution in [0.25, 0.3) is 0 Å². The zero-order valence-corrected chi connectivity index (χ0v) is 7.91. The summed E-state index contributed by atoms with van der Waals surface area (Å²) in [5, 5.41) is 0. The molecule has 1 fully saturated rings. The molecule has 0 atom stereocenters. The summed E-state index contributed by atoms with van der Waals surface area (Å²) >= 11 is 0. The Hall–Kier alpha value is -0.870. The van der Waals surface area contributed by atoms with Gasteiger partial charge in [0.15, 0.2) is 0 Å². The molecule has 0 radical (unpaired) electrons. The highest BCUT2D eigenvalue weighted by molar-refractivity contribution is 5.87. The van der Waals surface area contributed by atoms with Gasteiger partial charge >= 0.3 is 0 Å². The van der Waals surface area contributed by atoms with E-state index in [-0.39, 0.29) is 5.91 Å². The largest absolute Gasteiger partial charge is 0.337 e. The van der Waals surface area contributed by atoms with Gasteiger partial charge in [0.2, 0.25) is 5.91 Å². The number of hydrogen-bond acceptors (Lipinski definition) is 3. The molecule has 74 valence electrons. The predicted octanol–water partition coefficient (Wildman–Crippen LogP) is -0.725. The molecule has 0 bridgehead atoms. The summed E-state index contributed by atoms with van der Waals surface area (Å²) in [6.45, 7) is 8.53. The molecule has 0 spiro atoms. The maximum atomic E-state index is 11.2. The molecule has 4 nitrogen and oxygen atoms in total. The van der Waals surface area contributed by atoms with Crippen molar-refractivity contribution >= 4 is 5.91 Å². The van der Waals surface area contributed by atoms with Crippen LogP contribution in [0.15, 0.2) is 12.7 Å². The van der Waals surface area contributed by atoms with Crippen molar-refractivity contribution in [3.05, 3.63) is 12.7 Å². The van der Waals surface area contributed by atoms with Crippen LogP contribution in [0.5, 0.6) is 0 Å². The third kappa shape index (κ3) is 2.82. The minimum Gasteiger partial charge on any atom is -0.337 e. The average Bonchev–Trinajstić information content (AvgIpc) is 2.18. The second kappa shape index (κ2) is 4.99. The van der Waals surface area contributed by atoms with E-state index < -0.39 is 0 Å². The lowest BCUT2D eigenvalue weighted by Gasteiger charge is -2.33. The third-order valence-corrected chi connectivity index (χ3v) is 2.30. The molecule has 1 amide bonds. The second-order valence-electron chi connectivity index (χ2n) is 3.16. The lowest BCUT2D eigenvalue weighted by Crippen LogP contribution is -2.49. The van der Waals surface area contributed by atoms with E-state index in [1.807, 2.05) is 4.90 Å². The minimum absolute atomic E-state index is 0.0346. The van der Waals surface area contributed by atoms with Gasteiger partial charge in [-0.3, -0.25) is 9.69 Å². The fourth-order valence-corrected chi connectivity index (χ4v) is 1.50. The van der Waals surface area contributed by atoms with Gasteiger partial charge in [-0.2, -0.15) is 0 Å². The van der Waals surface area contributed by atoms with Gasteiger partial charge in [-0.25, -0.2) is 0 Å². The SMILES string of the molecule is C=CC(=O)N1CCN(CCN)CC1. The Balaban J connectivity index is 2.30. The van der Waals surface area contributed by atoms with Gasteiger partial charge in [-0.15, -0.1) is 0 Å². The summed E-state index contributed by atoms with van der Waals surface area (Å²) in [6.07, 6.45) is 1.37. The van der Waals surface area contributed by atoms with E-state index in [0.717, 1.165) is 32.7 Å². The molecule has 0 aromatic rings. The molecule has 1 heterocycles. The van der Waals surface area contributed by atoms with E-state index in [2.05, 4.69) is 11.5 Å². The first kappa shape index (κ1) is 10.2. The van der Waals surface area contributed by atoms with Gasteiger partial charge in [0.1, 0.15) is 0 Å². The molecule has 0 aromatic heterocycles. The Kier molecular flexibility index (Phi) is 3.92. The van der Waals surface area contributed by atoms with Crippen LogP contribution in [-0.2, 0) is 4.79 Å². The molecule has 1 saturated heterocycles. The van der Waals surface area contributed by atoms with Crippen molar-refractivity contribution in [3.63, 3.8) is 0 Å². The van der Waals surface area contributed by atoms with E-state index in [4.69, 9.17) is 5.73 Å². The topological polar surface area (TPSA) is 49.6 Å². The Morgan fingerprint density at radius 2 is 2.00 bits per heavy atom. The van der Waals surface area contributed by atoms with E-state index in [9.17, 15) is 4.79 Å². The molecule has 0 aromatic carbocycles. The number of carbonyl (C=O) groups is 1. The third-order valence-electron chi connectivity index (χ3n) is 2.30. The summed E-state index contributed by atoms with van der Waals surface area (Å²) < 4.78 is 0. The van der Waals surface area contributed by atoms with Crippen LogP contribution in [0.3, 0.4) is 0 Å². The zero-order chi connectivity index (χ0) is 9.68. The van der Waals surface area contributed by atoms with Crippen molar-refractivity contribution in [2.24, 2.45) is 5.73 Å². The lowest BCUT2D eigenvalue weighted by molar-refractivity contribution is -0.127. The first-order valence-electron chi connectivity index (χ1n) is 4.61. The van der Waals surface area contributed by atoms with E-state index in [0.29, 0.717) is 6.54 Å². The van der Waals surface area contributed by atoms with Crippen molar-refractivity contribution in [3.8, 4) is 0 Å². The first-order chi connectivity index (χ1) is 6.27. The van der Waals surface area contributed by atoms with Gasteiger partial charge in [0.25, 0.3) is 0 Å². The van der Waals surface area contributed by atoms with Crippen molar-refractivity contribution in [1.82, 2.24) is 9.80 Å². The van der Waals surface area contributed by atoms with Crippen molar-refractivity contribution in [1.29, 1.82) is 0 Å². The molecule has 1 aliphatic heterocycles. The van der Waals surface area contributed by atoms with Crippen LogP contribution < -0.4 is 5.73 Å². The van der Waals surface area contributed by atoms with Crippen LogP contribution in [0.4, 0.5) is 0 Å². The van der Waals surface area contributed by atoms with Gasteiger partial charge in [0, 0.05) is 39.3 Å². The minimum atomic E-state index is 0.0346. The van der Waals surface area contributed by atoms with Crippen molar-refractivity contribution in [2.45, 2.75) is 0 Å². The van der Waals surface area contributed by atoms with E-state index in [1.54, 1.807) is 0 Å². The van der Waals surface area contributed by atoms with Gasteiger partial charge in [-0.05, 0) is 6.08 Å². The number of piperazine rings is 1. The highest BCUT2D eigenvalue weighted by Gasteiger charge is 2.18. The molecule has 4 heteroatoms. The molecule has 0 aliphatic carbocycles. The molecule has 1 rings (SSSR count). The Labute approximate surface area is 79.0 Å². The van der Waals surface area contributed by atoms with Gasteiger partial charge < -0.3 is 10.6 Å². The smallest absolute Gasteiger partial charge is 0.246 e. The quantitative estimate of drug-likeness (QED) is 0.587. The molecule has 2 N–H and O–H groups in total. The number of rotatable bonds is 3. The van der Waals surface area contributed by atoms with Crippen LogP contribution in [0.2, 0.25) is 0 Å². The van der Waals surface area contributed by atoms with Crippen LogP contribution in [0, 0.1) is 0 Å². The monoisotopic (exact) mass is 183 g/mol. The highest BCUT2D eigenvalue weighted by atomic mass is 16.2. The molecular weight excluding hydrogens is 166 g/mol. The predicted molar refractivity (Wildman–Crippen MR) is 52.3 cm³/mol. The maximum Gasteiger partial charge on any atom is 0.246 e. The summed E-state index contributed by atoms with van der Waals surface area (Å²) in [5.41, 5.74) is 5.44. The number of amides is 1. The van der Waals surface area contributed by atoms with Crippen LogP contribution in [-0.4, -0.2) is 55.0 Å². The fraction of sp³-hybridized carbons (Fsp3) is 0.667. The Morgan fingerprint density at radius 1 is 1.38 bits per heavy atom. The summed E-state index contributed by atoms with van der Waals surface area (Å²) in [7, 11) is 0. The summed E-state index contributed by atoms with van der Waals surface area (Å²) in [4.78, 5) is 15.3. The Bertz CT molecular complexity index is 185. The highest BCUT2D eigenvalue weighted by Crippen LogP contribution is 2.01. The standard InChI is InChI=1S/C9H17N3O/c1-2-9(13)12-7-5-11(4-3-10)6-8-12/h2H,1,3-8,10H2. The van der Waals surface area contributed by atoms with Crippen molar-refractivity contribution in [2.75, 3.05) is 39.3 Å². The fourth-order valence-electron chi connectivity index (χ4n) is 1.50. The number of hydrogen-bond donors (Lipinski definition) is 1. The average molecular weight is 183 g/mol. The Morgan fingerprint density at radius 3 is 2.46 bits per heavy atom. The van der Waals surface area contributed by atoms with Crippen molar-refractivity contribution < 1.29 is 4.79 Å². The summed E-state index contributed by atoms with van der Waals surface area (Å²) in [6, 6.07) is 0. The molecule has 0 unspecified atom stereocenters. The summed E-state index contributed by atoms with van der Waals surface area (Å²) in [5.74, 6) is 0.0346. The number of carbonyl (C=O) groups excluding carboxylic acids is 1. The van der Waals surface area contributed by atoms with Gasteiger partial charge in [0.05, 0.1) is 0 Å². The second-order valence-corrected chi connectivity index (χ2v) is 3.16. The van der Waals surface area contributed by atoms with Gasteiger partial charge in [-0.1, -0.05) is 6.58 Å². The maximum absolute atomic E-state index is 11.2. The number of nitrogens with zero attached hydrogens (tertiary/aromatic N) is 2. The zero-order valence-electron chi connectivity index (χ0n) is 7.91.